The Balaban J connectivity index is 0.00000264. The van der Waals surface area contributed by atoms with E-state index in [0.29, 0.717) is 6.54 Å². The van der Waals surface area contributed by atoms with Gasteiger partial charge in [0, 0.05) is 30.3 Å². The second-order valence-corrected chi connectivity index (χ2v) is 7.05. The highest BCUT2D eigenvalue weighted by molar-refractivity contribution is 7.99. The molecule has 1 amide bonds. The van der Waals surface area contributed by atoms with Gasteiger partial charge in [0.1, 0.15) is 0 Å². The van der Waals surface area contributed by atoms with Crippen LogP contribution in [-0.2, 0) is 15.3 Å². The lowest BCUT2D eigenvalue weighted by Gasteiger charge is -2.13. The van der Waals surface area contributed by atoms with Crippen LogP contribution in [0.5, 0.6) is 0 Å². The van der Waals surface area contributed by atoms with Gasteiger partial charge in [0.15, 0.2) is 0 Å². The zero-order valence-electron chi connectivity index (χ0n) is 13.6. The number of carbonyl (C=O) groups is 1. The molecule has 3 N–H and O–H groups in total. The Kier molecular flexibility index (Phi) is 9.63. The van der Waals surface area contributed by atoms with Crippen molar-refractivity contribution in [1.29, 1.82) is 0 Å². The number of ether oxygens (including phenoxy) is 1. The molecule has 0 bridgehead atoms. The number of rotatable bonds is 8. The van der Waals surface area contributed by atoms with E-state index in [4.69, 9.17) is 10.5 Å². The Bertz CT molecular complexity index is 477. The average Bonchev–Trinajstić information content (AvgIpc) is 3.04. The first-order chi connectivity index (χ1) is 10.7. The minimum Gasteiger partial charge on any atom is -0.380 e. The smallest absolute Gasteiger partial charge is 0.227 e. The highest BCUT2D eigenvalue weighted by atomic mass is 35.5. The van der Waals surface area contributed by atoms with E-state index in [-0.39, 0.29) is 30.8 Å². The predicted octanol–water partition coefficient (Wildman–Crippen LogP) is 3.59. The van der Waals surface area contributed by atoms with Gasteiger partial charge in [-0.2, -0.15) is 11.8 Å². The third-order valence-electron chi connectivity index (χ3n) is 4.01. The van der Waals surface area contributed by atoms with Crippen molar-refractivity contribution in [3.63, 3.8) is 0 Å². The molecule has 130 valence electrons. The molecule has 4 nitrogen and oxygen atoms in total. The molecule has 1 saturated carbocycles. The van der Waals surface area contributed by atoms with Gasteiger partial charge in [-0.05, 0) is 30.5 Å². The number of methoxy groups -OCH3 is 1. The molecule has 1 aromatic rings. The number of nitrogens with one attached hydrogen (secondary N) is 1. The maximum Gasteiger partial charge on any atom is 0.227 e. The Morgan fingerprint density at radius 1 is 1.43 bits per heavy atom. The third-order valence-corrected chi connectivity index (χ3v) is 5.45. The topological polar surface area (TPSA) is 64.3 Å². The summed E-state index contributed by atoms with van der Waals surface area (Å²) in [6.07, 6.45) is 5.50. The first-order valence-corrected chi connectivity index (χ1v) is 8.99. The van der Waals surface area contributed by atoms with Crippen molar-refractivity contribution < 1.29 is 9.53 Å². The molecule has 0 aliphatic heterocycles. The minimum absolute atomic E-state index is 0. The summed E-state index contributed by atoms with van der Waals surface area (Å²) < 4.78 is 5.14. The van der Waals surface area contributed by atoms with Crippen LogP contribution >= 0.6 is 24.2 Å². The molecule has 1 unspecified atom stereocenters. The maximum atomic E-state index is 12.0. The summed E-state index contributed by atoms with van der Waals surface area (Å²) in [6, 6.07) is 8.10. The van der Waals surface area contributed by atoms with E-state index in [1.54, 1.807) is 7.11 Å². The van der Waals surface area contributed by atoms with Gasteiger partial charge < -0.3 is 15.8 Å². The van der Waals surface area contributed by atoms with E-state index < -0.39 is 0 Å². The largest absolute Gasteiger partial charge is 0.380 e. The number of amides is 1. The Labute approximate surface area is 149 Å². The molecule has 6 heteroatoms. The molecule has 0 heterocycles. The van der Waals surface area contributed by atoms with Gasteiger partial charge >= 0.3 is 0 Å². The molecule has 0 aromatic heterocycles. The molecule has 1 fully saturated rings. The summed E-state index contributed by atoms with van der Waals surface area (Å²) in [4.78, 5) is 12.0. The lowest BCUT2D eigenvalue weighted by molar-refractivity contribution is -0.118. The zero-order chi connectivity index (χ0) is 15.8. The molecule has 0 radical (unpaired) electrons. The monoisotopic (exact) mass is 358 g/mol. The number of thioether (sulfide) groups is 1. The number of hydrogen-bond donors (Lipinski definition) is 2. The molecule has 1 aromatic carbocycles. The average molecular weight is 359 g/mol. The molecule has 2 rings (SSSR count). The van der Waals surface area contributed by atoms with Gasteiger partial charge in [-0.25, -0.2) is 0 Å². The normalized spacial score (nSPS) is 15.9. The van der Waals surface area contributed by atoms with Gasteiger partial charge in [-0.15, -0.1) is 12.4 Å². The van der Waals surface area contributed by atoms with E-state index in [1.165, 1.54) is 31.2 Å². The predicted molar refractivity (Wildman–Crippen MR) is 100 cm³/mol. The van der Waals surface area contributed by atoms with Crippen molar-refractivity contribution in [2.75, 3.05) is 19.0 Å². The van der Waals surface area contributed by atoms with Crippen LogP contribution in [-0.4, -0.2) is 30.9 Å². The second kappa shape index (κ2) is 10.9. The van der Waals surface area contributed by atoms with Crippen molar-refractivity contribution in [2.45, 2.75) is 49.2 Å². The molecular weight excluding hydrogens is 332 g/mol. The molecule has 0 spiro atoms. The Hall–Kier alpha value is -0.750. The first-order valence-electron chi connectivity index (χ1n) is 7.94. The van der Waals surface area contributed by atoms with Gasteiger partial charge in [0.2, 0.25) is 5.91 Å². The van der Waals surface area contributed by atoms with E-state index in [2.05, 4.69) is 17.4 Å². The fraction of sp³-hybridized carbons (Fsp3) is 0.588. The van der Waals surface area contributed by atoms with E-state index in [1.807, 2.05) is 23.9 Å². The maximum absolute atomic E-state index is 12.0. The Morgan fingerprint density at radius 3 is 2.83 bits per heavy atom. The van der Waals surface area contributed by atoms with E-state index in [0.717, 1.165) is 16.7 Å². The summed E-state index contributed by atoms with van der Waals surface area (Å²) in [5.74, 6) is 0.954. The van der Waals surface area contributed by atoms with Crippen molar-refractivity contribution >= 4 is 35.8 Å². The van der Waals surface area contributed by atoms with Crippen molar-refractivity contribution in [1.82, 2.24) is 0 Å². The molecule has 1 aliphatic rings. The highest BCUT2D eigenvalue weighted by Gasteiger charge is 2.15. The SMILES string of the molecule is COC(CN)CC(=O)Nc1cccc(CSC2CCCC2)c1.Cl. The first kappa shape index (κ1) is 20.3. The highest BCUT2D eigenvalue weighted by Crippen LogP contribution is 2.31. The molecular formula is C17H27ClN2O2S. The summed E-state index contributed by atoms with van der Waals surface area (Å²) in [6.45, 7) is 0.349. The van der Waals surface area contributed by atoms with Crippen LogP contribution in [0.2, 0.25) is 0 Å². The number of nitrogens with two attached hydrogens (primary N) is 1. The number of benzene rings is 1. The van der Waals surface area contributed by atoms with Gasteiger partial charge in [-0.1, -0.05) is 25.0 Å². The fourth-order valence-corrected chi connectivity index (χ4v) is 3.96. The van der Waals surface area contributed by atoms with E-state index >= 15 is 0 Å². The standard InChI is InChI=1S/C17H26N2O2S.ClH/c1-21-15(11-18)10-17(20)19-14-6-4-5-13(9-14)12-22-16-7-2-3-8-16;/h4-6,9,15-16H,2-3,7-8,10-12,18H2,1H3,(H,19,20);1H. The second-order valence-electron chi connectivity index (χ2n) is 5.76. The van der Waals surface area contributed by atoms with E-state index in [9.17, 15) is 4.79 Å². The van der Waals surface area contributed by atoms with Crippen LogP contribution < -0.4 is 11.1 Å². The van der Waals surface area contributed by atoms with Crippen LogP contribution in [0.4, 0.5) is 5.69 Å². The van der Waals surface area contributed by atoms with Crippen LogP contribution in [0.25, 0.3) is 0 Å². The third kappa shape index (κ3) is 7.12. The molecule has 23 heavy (non-hydrogen) atoms. The minimum atomic E-state index is -0.221. The van der Waals surface area contributed by atoms with Crippen molar-refractivity contribution in [3.05, 3.63) is 29.8 Å². The number of anilines is 1. The molecule has 1 aliphatic carbocycles. The summed E-state index contributed by atoms with van der Waals surface area (Å²) in [5, 5.41) is 3.74. The summed E-state index contributed by atoms with van der Waals surface area (Å²) in [5.41, 5.74) is 7.65. The molecule has 0 saturated heterocycles. The van der Waals surface area contributed by atoms with Crippen LogP contribution in [0, 0.1) is 0 Å². The Morgan fingerprint density at radius 2 is 2.17 bits per heavy atom. The fourth-order valence-electron chi connectivity index (χ4n) is 2.69. The molecule has 1 atom stereocenters. The van der Waals surface area contributed by atoms with Crippen LogP contribution in [0.1, 0.15) is 37.7 Å². The van der Waals surface area contributed by atoms with Crippen LogP contribution in [0.3, 0.4) is 0 Å². The lowest BCUT2D eigenvalue weighted by Crippen LogP contribution is -2.28. The zero-order valence-corrected chi connectivity index (χ0v) is 15.3. The number of carbonyl (C=O) groups excluding carboxylic acids is 1. The van der Waals surface area contributed by atoms with Crippen molar-refractivity contribution in [2.24, 2.45) is 5.73 Å². The van der Waals surface area contributed by atoms with Gasteiger partial charge in [0.05, 0.1) is 12.5 Å². The quantitative estimate of drug-likeness (QED) is 0.745. The number of halogens is 1. The van der Waals surface area contributed by atoms with Crippen LogP contribution in [0.15, 0.2) is 24.3 Å². The van der Waals surface area contributed by atoms with Gasteiger partial charge in [-0.3, -0.25) is 4.79 Å². The van der Waals surface area contributed by atoms with Crippen molar-refractivity contribution in [3.8, 4) is 0 Å². The summed E-state index contributed by atoms with van der Waals surface area (Å²) in [7, 11) is 1.58. The van der Waals surface area contributed by atoms with Gasteiger partial charge in [0.25, 0.3) is 0 Å². The number of hydrogen-bond acceptors (Lipinski definition) is 4. The lowest BCUT2D eigenvalue weighted by atomic mass is 10.2. The summed E-state index contributed by atoms with van der Waals surface area (Å²) >= 11 is 2.03.